The molecule has 2 aromatic carbocycles. The van der Waals surface area contributed by atoms with Crippen LogP contribution in [0.2, 0.25) is 0 Å². The van der Waals surface area contributed by atoms with Gasteiger partial charge in [0.05, 0.1) is 0 Å². The molecule has 0 atom stereocenters. The number of hydrogen-bond donors (Lipinski definition) is 0. The summed E-state index contributed by atoms with van der Waals surface area (Å²) in [4.78, 5) is 4.21. The van der Waals surface area contributed by atoms with Crippen LogP contribution in [0.3, 0.4) is 0 Å². The van der Waals surface area contributed by atoms with E-state index < -0.39 is 0 Å². The Hall–Kier alpha value is -2.81. The molecule has 3 heteroatoms. The number of benzene rings is 2. The summed E-state index contributed by atoms with van der Waals surface area (Å²) < 4.78 is 7.88. The first kappa shape index (κ1) is 14.1. The maximum atomic E-state index is 5.78. The van der Waals surface area contributed by atoms with Crippen LogP contribution in [0.15, 0.2) is 73.1 Å². The first-order valence-corrected chi connectivity index (χ1v) is 7.28. The van der Waals surface area contributed by atoms with Crippen LogP contribution in [-0.4, -0.2) is 9.55 Å². The van der Waals surface area contributed by atoms with E-state index in [1.807, 2.05) is 61.8 Å². The third-order valence-electron chi connectivity index (χ3n) is 3.40. The molecule has 3 rings (SSSR count). The zero-order valence-corrected chi connectivity index (χ0v) is 12.5. The summed E-state index contributed by atoms with van der Waals surface area (Å²) in [6.07, 6.45) is 8.03. The van der Waals surface area contributed by atoms with E-state index in [-0.39, 0.29) is 0 Å². The lowest BCUT2D eigenvalue weighted by Crippen LogP contribution is -1.95. The van der Waals surface area contributed by atoms with Gasteiger partial charge in [-0.3, -0.25) is 0 Å². The molecule has 0 radical (unpaired) electrons. The predicted molar refractivity (Wildman–Crippen MR) is 89.0 cm³/mol. The van der Waals surface area contributed by atoms with E-state index >= 15 is 0 Å². The predicted octanol–water partition coefficient (Wildman–Crippen LogP) is 4.70. The topological polar surface area (TPSA) is 27.1 Å². The van der Waals surface area contributed by atoms with Gasteiger partial charge in [-0.2, -0.15) is 0 Å². The fourth-order valence-electron chi connectivity index (χ4n) is 2.17. The largest absolute Gasteiger partial charge is 0.457 e. The summed E-state index contributed by atoms with van der Waals surface area (Å²) in [5, 5.41) is 0. The second-order valence-electron chi connectivity index (χ2n) is 5.01. The highest BCUT2D eigenvalue weighted by atomic mass is 16.5. The van der Waals surface area contributed by atoms with Crippen molar-refractivity contribution in [1.29, 1.82) is 0 Å². The molecule has 0 amide bonds. The number of aryl methyl sites for hydroxylation is 1. The number of nitrogens with zero attached hydrogens (tertiary/aromatic N) is 2. The van der Waals surface area contributed by atoms with Crippen molar-refractivity contribution in [3.05, 3.63) is 84.5 Å². The molecule has 1 heterocycles. The smallest absolute Gasteiger partial charge is 0.127 e. The Balaban J connectivity index is 1.61. The minimum Gasteiger partial charge on any atom is -0.457 e. The number of hydrogen-bond acceptors (Lipinski definition) is 2. The lowest BCUT2D eigenvalue weighted by atomic mass is 10.2. The molecule has 3 aromatic rings. The molecule has 22 heavy (non-hydrogen) atoms. The fourth-order valence-corrected chi connectivity index (χ4v) is 2.17. The Bertz CT molecular complexity index is 743. The van der Waals surface area contributed by atoms with Gasteiger partial charge in [0.25, 0.3) is 0 Å². The van der Waals surface area contributed by atoms with Crippen molar-refractivity contribution in [2.75, 3.05) is 0 Å². The van der Waals surface area contributed by atoms with Crippen LogP contribution < -0.4 is 4.74 Å². The van der Waals surface area contributed by atoms with E-state index in [2.05, 4.69) is 33.8 Å². The highest BCUT2D eigenvalue weighted by Crippen LogP contribution is 2.21. The number of allylic oxidation sites excluding steroid dienone is 1. The highest BCUT2D eigenvalue weighted by Gasteiger charge is 1.96. The second kappa shape index (κ2) is 6.76. The summed E-state index contributed by atoms with van der Waals surface area (Å²) >= 11 is 0. The minimum atomic E-state index is 0.827. The molecule has 0 spiro atoms. The highest BCUT2D eigenvalue weighted by molar-refractivity contribution is 5.50. The van der Waals surface area contributed by atoms with E-state index in [1.165, 1.54) is 0 Å². The molecule has 0 saturated heterocycles. The molecular weight excluding hydrogens is 272 g/mol. The number of imidazole rings is 1. The summed E-state index contributed by atoms with van der Waals surface area (Å²) in [6, 6.07) is 17.9. The quantitative estimate of drug-likeness (QED) is 0.681. The molecule has 0 N–H and O–H groups in total. The summed E-state index contributed by atoms with van der Waals surface area (Å²) in [7, 11) is 0. The maximum absolute atomic E-state index is 5.78. The molecule has 3 nitrogen and oxygen atoms in total. The van der Waals surface area contributed by atoms with E-state index in [0.29, 0.717) is 0 Å². The molecular formula is C19H18N2O. The van der Waals surface area contributed by atoms with Crippen LogP contribution in [0.5, 0.6) is 11.5 Å². The van der Waals surface area contributed by atoms with Gasteiger partial charge in [-0.25, -0.2) is 4.98 Å². The lowest BCUT2D eigenvalue weighted by molar-refractivity contribution is 0.482. The van der Waals surface area contributed by atoms with Crippen LogP contribution >= 0.6 is 0 Å². The van der Waals surface area contributed by atoms with Gasteiger partial charge in [-0.1, -0.05) is 42.5 Å². The van der Waals surface area contributed by atoms with Crippen LogP contribution in [0.1, 0.15) is 11.4 Å². The molecule has 0 unspecified atom stereocenters. The summed E-state index contributed by atoms with van der Waals surface area (Å²) in [5.74, 6) is 2.71. The Morgan fingerprint density at radius 1 is 1.00 bits per heavy atom. The fraction of sp³-hybridized carbons (Fsp3) is 0.105. The van der Waals surface area contributed by atoms with Gasteiger partial charge in [0.1, 0.15) is 17.3 Å². The number of ether oxygens (including phenoxy) is 1. The number of rotatable bonds is 5. The molecule has 0 aliphatic rings. The second-order valence-corrected chi connectivity index (χ2v) is 5.01. The van der Waals surface area contributed by atoms with Gasteiger partial charge in [0, 0.05) is 18.9 Å². The van der Waals surface area contributed by atoms with E-state index in [0.717, 1.165) is 29.4 Å². The summed E-state index contributed by atoms with van der Waals surface area (Å²) in [5.41, 5.74) is 1.15. The van der Waals surface area contributed by atoms with Crippen LogP contribution in [0.4, 0.5) is 0 Å². The monoisotopic (exact) mass is 290 g/mol. The van der Waals surface area contributed by atoms with Crippen LogP contribution in [0, 0.1) is 6.92 Å². The van der Waals surface area contributed by atoms with Gasteiger partial charge in [-0.05, 0) is 36.8 Å². The van der Waals surface area contributed by atoms with Gasteiger partial charge in [-0.15, -0.1) is 0 Å². The zero-order valence-electron chi connectivity index (χ0n) is 12.5. The van der Waals surface area contributed by atoms with Crippen molar-refractivity contribution in [3.8, 4) is 11.5 Å². The third kappa shape index (κ3) is 3.64. The number of aromatic nitrogens is 2. The van der Waals surface area contributed by atoms with Crippen LogP contribution in [0.25, 0.3) is 6.08 Å². The molecule has 0 fully saturated rings. The first-order chi connectivity index (χ1) is 10.8. The van der Waals surface area contributed by atoms with Crippen molar-refractivity contribution in [2.24, 2.45) is 0 Å². The third-order valence-corrected chi connectivity index (χ3v) is 3.40. The Kier molecular flexibility index (Phi) is 4.35. The van der Waals surface area contributed by atoms with Gasteiger partial charge >= 0.3 is 0 Å². The van der Waals surface area contributed by atoms with Crippen molar-refractivity contribution < 1.29 is 4.74 Å². The lowest BCUT2D eigenvalue weighted by Gasteiger charge is -2.05. The van der Waals surface area contributed by atoms with Crippen molar-refractivity contribution in [2.45, 2.75) is 13.5 Å². The van der Waals surface area contributed by atoms with E-state index in [1.54, 1.807) is 0 Å². The van der Waals surface area contributed by atoms with Gasteiger partial charge in [0.15, 0.2) is 0 Å². The Morgan fingerprint density at radius 3 is 2.41 bits per heavy atom. The van der Waals surface area contributed by atoms with Crippen molar-refractivity contribution in [3.63, 3.8) is 0 Å². The maximum Gasteiger partial charge on any atom is 0.127 e. The van der Waals surface area contributed by atoms with Crippen molar-refractivity contribution >= 4 is 6.08 Å². The molecule has 0 saturated carbocycles. The molecule has 0 aliphatic heterocycles. The molecule has 1 aromatic heterocycles. The van der Waals surface area contributed by atoms with E-state index in [9.17, 15) is 0 Å². The average molecular weight is 290 g/mol. The standard InChI is InChI=1S/C19H18N2O/c1-16-20-13-15-21(16)14-5-6-17-9-11-19(12-10-17)22-18-7-3-2-4-8-18/h2-13,15H,14H2,1H3. The van der Waals surface area contributed by atoms with E-state index in [4.69, 9.17) is 4.74 Å². The van der Waals surface area contributed by atoms with Crippen molar-refractivity contribution in [1.82, 2.24) is 9.55 Å². The summed E-state index contributed by atoms with van der Waals surface area (Å²) in [6.45, 7) is 2.83. The Labute approximate surface area is 130 Å². The van der Waals surface area contributed by atoms with Crippen LogP contribution in [-0.2, 0) is 6.54 Å². The zero-order chi connectivity index (χ0) is 15.2. The molecule has 0 aliphatic carbocycles. The SMILES string of the molecule is Cc1nccn1CC=Cc1ccc(Oc2ccccc2)cc1. The average Bonchev–Trinajstić information content (AvgIpc) is 2.95. The minimum absolute atomic E-state index is 0.827. The normalized spacial score (nSPS) is 11.0. The van der Waals surface area contributed by atoms with Gasteiger partial charge < -0.3 is 9.30 Å². The number of para-hydroxylation sites is 1. The Morgan fingerprint density at radius 2 is 1.73 bits per heavy atom. The first-order valence-electron chi connectivity index (χ1n) is 7.28. The molecule has 110 valence electrons. The van der Waals surface area contributed by atoms with Gasteiger partial charge in [0.2, 0.25) is 0 Å². The molecule has 0 bridgehead atoms.